The van der Waals surface area contributed by atoms with Gasteiger partial charge in [0.05, 0.1) is 0 Å². The topological polar surface area (TPSA) is 82.5 Å². The molecule has 0 bridgehead atoms. The molecule has 0 N–H and O–H groups in total. The number of rotatable bonds is 3. The fourth-order valence-electron chi connectivity index (χ4n) is 3.15. The Balaban J connectivity index is 1.62. The molecule has 5 aromatic rings. The highest BCUT2D eigenvalue weighted by atomic mass is 16.5. The minimum absolute atomic E-state index is 0.415. The fraction of sp³-hybridized carbons (Fsp3) is 0.0476. The summed E-state index contributed by atoms with van der Waals surface area (Å²) in [5.41, 5.74) is 2.56. The predicted molar refractivity (Wildman–Crippen MR) is 104 cm³/mol. The largest absolute Gasteiger partial charge is 0.439 e. The summed E-state index contributed by atoms with van der Waals surface area (Å²) in [7, 11) is 0. The molecule has 0 atom stereocenters. The Labute approximate surface area is 158 Å². The average Bonchev–Trinajstić information content (AvgIpc) is 3.16. The molecule has 0 unspecified atom stereocenters. The maximum absolute atomic E-state index is 12.1. The van der Waals surface area contributed by atoms with Crippen molar-refractivity contribution < 1.29 is 9.15 Å². The van der Waals surface area contributed by atoms with E-state index < -0.39 is 5.63 Å². The highest BCUT2D eigenvalue weighted by Crippen LogP contribution is 2.31. The van der Waals surface area contributed by atoms with Crippen LogP contribution in [0.4, 0.5) is 0 Å². The van der Waals surface area contributed by atoms with Gasteiger partial charge in [0.1, 0.15) is 17.7 Å². The van der Waals surface area contributed by atoms with Crippen LogP contribution in [0.3, 0.4) is 0 Å². The summed E-state index contributed by atoms with van der Waals surface area (Å²) in [6.45, 7) is 1.85. The molecule has 0 amide bonds. The second kappa shape index (κ2) is 6.31. The van der Waals surface area contributed by atoms with Crippen molar-refractivity contribution in [2.45, 2.75) is 6.92 Å². The third-order valence-corrected chi connectivity index (χ3v) is 4.37. The molecule has 7 heteroatoms. The van der Waals surface area contributed by atoms with Crippen molar-refractivity contribution in [3.63, 3.8) is 0 Å². The van der Waals surface area contributed by atoms with Crippen molar-refractivity contribution in [2.75, 3.05) is 0 Å². The van der Waals surface area contributed by atoms with Crippen molar-refractivity contribution in [1.29, 1.82) is 0 Å². The van der Waals surface area contributed by atoms with Crippen molar-refractivity contribution >= 4 is 16.7 Å². The van der Waals surface area contributed by atoms with E-state index in [4.69, 9.17) is 9.15 Å². The maximum atomic E-state index is 12.1. The van der Waals surface area contributed by atoms with Gasteiger partial charge in [0.2, 0.25) is 5.88 Å². The van der Waals surface area contributed by atoms with Crippen LogP contribution in [-0.2, 0) is 0 Å². The van der Waals surface area contributed by atoms with E-state index in [-0.39, 0.29) is 0 Å². The molecule has 0 saturated carbocycles. The van der Waals surface area contributed by atoms with Crippen LogP contribution >= 0.6 is 0 Å². The molecule has 28 heavy (non-hydrogen) atoms. The number of ether oxygens (including phenoxy) is 1. The van der Waals surface area contributed by atoms with Gasteiger partial charge in [0, 0.05) is 29.3 Å². The van der Waals surface area contributed by atoms with Crippen molar-refractivity contribution in [3.05, 3.63) is 83.1 Å². The Morgan fingerprint density at radius 3 is 2.75 bits per heavy atom. The maximum Gasteiger partial charge on any atom is 0.336 e. The van der Waals surface area contributed by atoms with E-state index in [9.17, 15) is 4.79 Å². The predicted octanol–water partition coefficient (Wildman–Crippen LogP) is 4.00. The van der Waals surface area contributed by atoms with Crippen LogP contribution < -0.4 is 10.4 Å². The highest BCUT2D eigenvalue weighted by Gasteiger charge is 2.11. The van der Waals surface area contributed by atoms with Crippen molar-refractivity contribution in [2.24, 2.45) is 0 Å². The molecular weight excluding hydrogens is 356 g/mol. The number of fused-ring (bicyclic) bond motifs is 2. The first-order chi connectivity index (χ1) is 13.7. The lowest BCUT2D eigenvalue weighted by Gasteiger charge is -2.10. The smallest absolute Gasteiger partial charge is 0.336 e. The molecule has 0 spiro atoms. The Kier molecular flexibility index (Phi) is 3.65. The number of aryl methyl sites for hydroxylation is 1. The van der Waals surface area contributed by atoms with E-state index in [2.05, 4.69) is 15.1 Å². The molecule has 0 radical (unpaired) electrons. The average molecular weight is 370 g/mol. The molecular formula is C21H14N4O3. The minimum atomic E-state index is -0.415. The second-order valence-corrected chi connectivity index (χ2v) is 6.31. The van der Waals surface area contributed by atoms with Gasteiger partial charge in [-0.15, -0.1) is 0 Å². The first-order valence-corrected chi connectivity index (χ1v) is 8.66. The molecule has 0 aliphatic heterocycles. The SMILES string of the molecule is Cc1cc(Oc2ccc3c(-c4ccccc4)cc(=O)oc3c2)n2ncnc2n1. The zero-order chi connectivity index (χ0) is 19.1. The summed E-state index contributed by atoms with van der Waals surface area (Å²) in [6, 6.07) is 18.4. The Morgan fingerprint density at radius 2 is 1.89 bits per heavy atom. The minimum Gasteiger partial charge on any atom is -0.439 e. The van der Waals surface area contributed by atoms with Crippen LogP contribution in [0.15, 0.2) is 76.2 Å². The van der Waals surface area contributed by atoms with Crippen LogP contribution in [0, 0.1) is 6.92 Å². The standard InChI is InChI=1S/C21H14N4O3/c1-13-9-19(25-21(24-13)22-12-23-25)27-15-7-8-16-17(14-5-3-2-4-6-14)11-20(26)28-18(16)10-15/h2-12H,1H3. The summed E-state index contributed by atoms with van der Waals surface area (Å²) in [6.07, 6.45) is 1.42. The van der Waals surface area contributed by atoms with Crippen LogP contribution in [0.5, 0.6) is 11.6 Å². The van der Waals surface area contributed by atoms with Crippen molar-refractivity contribution in [1.82, 2.24) is 19.6 Å². The summed E-state index contributed by atoms with van der Waals surface area (Å²) in [5, 5.41) is 4.96. The Morgan fingerprint density at radius 1 is 1.04 bits per heavy atom. The van der Waals surface area contributed by atoms with Gasteiger partial charge in [-0.25, -0.2) is 9.78 Å². The van der Waals surface area contributed by atoms with Gasteiger partial charge in [-0.05, 0) is 30.2 Å². The molecule has 3 aromatic heterocycles. The quantitative estimate of drug-likeness (QED) is 0.447. The van der Waals surface area contributed by atoms with E-state index >= 15 is 0 Å². The third-order valence-electron chi connectivity index (χ3n) is 4.37. The molecule has 136 valence electrons. The molecule has 3 heterocycles. The van der Waals surface area contributed by atoms with Crippen LogP contribution in [-0.4, -0.2) is 19.6 Å². The van der Waals surface area contributed by atoms with Crippen molar-refractivity contribution in [3.8, 4) is 22.8 Å². The lowest BCUT2D eigenvalue weighted by atomic mass is 10.0. The lowest BCUT2D eigenvalue weighted by Crippen LogP contribution is -2.00. The Hall–Kier alpha value is -4.00. The number of hydrogen-bond donors (Lipinski definition) is 0. The van der Waals surface area contributed by atoms with E-state index in [0.717, 1.165) is 22.2 Å². The van der Waals surface area contributed by atoms with E-state index in [1.54, 1.807) is 12.1 Å². The molecule has 0 aliphatic rings. The Bertz CT molecular complexity index is 1370. The van der Waals surface area contributed by atoms with Gasteiger partial charge in [0.25, 0.3) is 5.78 Å². The van der Waals surface area contributed by atoms with Gasteiger partial charge in [-0.2, -0.15) is 14.6 Å². The van der Waals surface area contributed by atoms with Gasteiger partial charge in [0.15, 0.2) is 0 Å². The molecule has 2 aromatic carbocycles. The van der Waals surface area contributed by atoms with Crippen LogP contribution in [0.2, 0.25) is 0 Å². The molecule has 5 rings (SSSR count). The number of aromatic nitrogens is 4. The summed E-state index contributed by atoms with van der Waals surface area (Å²) < 4.78 is 12.9. The number of hydrogen-bond acceptors (Lipinski definition) is 6. The van der Waals surface area contributed by atoms with Gasteiger partial charge >= 0.3 is 5.63 Å². The zero-order valence-corrected chi connectivity index (χ0v) is 14.9. The van der Waals surface area contributed by atoms with Crippen LogP contribution in [0.1, 0.15) is 5.69 Å². The monoisotopic (exact) mass is 370 g/mol. The molecule has 0 fully saturated rings. The first kappa shape index (κ1) is 16.2. The van der Waals surface area contributed by atoms with Gasteiger partial charge in [-0.1, -0.05) is 30.3 Å². The summed E-state index contributed by atoms with van der Waals surface area (Å²) in [4.78, 5) is 20.5. The summed E-state index contributed by atoms with van der Waals surface area (Å²) >= 11 is 0. The second-order valence-electron chi connectivity index (χ2n) is 6.31. The van der Waals surface area contributed by atoms with E-state index in [1.807, 2.05) is 49.4 Å². The normalized spacial score (nSPS) is 11.2. The fourth-order valence-corrected chi connectivity index (χ4v) is 3.15. The first-order valence-electron chi connectivity index (χ1n) is 8.66. The van der Waals surface area contributed by atoms with Gasteiger partial charge < -0.3 is 9.15 Å². The summed E-state index contributed by atoms with van der Waals surface area (Å²) in [5.74, 6) is 1.44. The van der Waals surface area contributed by atoms with E-state index in [0.29, 0.717) is 23.0 Å². The zero-order valence-electron chi connectivity index (χ0n) is 14.9. The number of benzene rings is 2. The molecule has 7 nitrogen and oxygen atoms in total. The highest BCUT2D eigenvalue weighted by molar-refractivity contribution is 5.93. The lowest BCUT2D eigenvalue weighted by molar-refractivity contribution is 0.444. The molecule has 0 saturated heterocycles. The molecule has 0 aliphatic carbocycles. The van der Waals surface area contributed by atoms with Gasteiger partial charge in [-0.3, -0.25) is 0 Å². The number of nitrogens with zero attached hydrogens (tertiary/aromatic N) is 4. The van der Waals surface area contributed by atoms with Crippen LogP contribution in [0.25, 0.3) is 27.9 Å². The van der Waals surface area contributed by atoms with E-state index in [1.165, 1.54) is 16.9 Å². The third kappa shape index (κ3) is 2.79.